The van der Waals surface area contributed by atoms with Gasteiger partial charge in [0.15, 0.2) is 11.3 Å². The van der Waals surface area contributed by atoms with Crippen LogP contribution in [0.5, 0.6) is 0 Å². The van der Waals surface area contributed by atoms with Crippen LogP contribution in [0.15, 0.2) is 30.5 Å². The third-order valence-electron chi connectivity index (χ3n) is 3.76. The van der Waals surface area contributed by atoms with Crippen molar-refractivity contribution in [3.63, 3.8) is 0 Å². The Morgan fingerprint density at radius 1 is 1.32 bits per heavy atom. The van der Waals surface area contributed by atoms with E-state index < -0.39 is 23.1 Å². The number of carbonyl (C=O) groups excluding carboxylic acids is 2. The molecule has 1 heterocycles. The highest BCUT2D eigenvalue weighted by molar-refractivity contribution is 6.10. The molecule has 1 aromatic carbocycles. The number of primary amides is 1. The van der Waals surface area contributed by atoms with Crippen molar-refractivity contribution in [3.8, 4) is 0 Å². The topological polar surface area (TPSA) is 102 Å². The quantitative estimate of drug-likeness (QED) is 0.715. The number of rotatable bonds is 4. The van der Waals surface area contributed by atoms with Crippen molar-refractivity contribution < 1.29 is 9.59 Å². The van der Waals surface area contributed by atoms with Gasteiger partial charge in [0.2, 0.25) is 5.91 Å². The summed E-state index contributed by atoms with van der Waals surface area (Å²) in [6, 6.07) is 7.63. The largest absolute Gasteiger partial charge is 0.368 e. The van der Waals surface area contributed by atoms with E-state index in [2.05, 4.69) is 4.98 Å². The van der Waals surface area contributed by atoms with Crippen molar-refractivity contribution in [2.45, 2.75) is 25.3 Å². The van der Waals surface area contributed by atoms with Crippen LogP contribution < -0.4 is 11.5 Å². The molecule has 2 atom stereocenters. The minimum atomic E-state index is -1.69. The smallest absolute Gasteiger partial charge is 0.245 e. The Morgan fingerprint density at radius 3 is 2.53 bits per heavy atom. The lowest BCUT2D eigenvalue weighted by atomic mass is 9.78. The number of carbonyl (C=O) groups is 2. The fourth-order valence-electron chi connectivity index (χ4n) is 2.39. The van der Waals surface area contributed by atoms with Crippen molar-refractivity contribution in [1.82, 2.24) is 4.98 Å². The van der Waals surface area contributed by atoms with Crippen molar-refractivity contribution in [2.75, 3.05) is 0 Å². The SMILES string of the molecule is CC(=O)C(N)(C(N)=O)C(C)c1c[nH]c2ccccc12. The number of H-pyrrole nitrogens is 1. The molecule has 2 rings (SSSR count). The van der Waals surface area contributed by atoms with E-state index in [9.17, 15) is 9.59 Å². The number of hydrogen-bond acceptors (Lipinski definition) is 3. The molecule has 2 unspecified atom stereocenters. The normalized spacial score (nSPS) is 15.9. The number of aromatic nitrogens is 1. The summed E-state index contributed by atoms with van der Waals surface area (Å²) in [5.74, 6) is -1.74. The molecule has 0 saturated heterocycles. The highest BCUT2D eigenvalue weighted by Crippen LogP contribution is 2.32. The van der Waals surface area contributed by atoms with Gasteiger partial charge in [-0.1, -0.05) is 25.1 Å². The predicted octanol–water partition coefficient (Wildman–Crippen LogP) is 1.04. The molecule has 0 saturated carbocycles. The number of aromatic amines is 1. The average molecular weight is 259 g/mol. The second-order valence-corrected chi connectivity index (χ2v) is 4.80. The fourth-order valence-corrected chi connectivity index (χ4v) is 2.39. The maximum atomic E-state index is 11.7. The summed E-state index contributed by atoms with van der Waals surface area (Å²) >= 11 is 0. The number of fused-ring (bicyclic) bond motifs is 1. The number of nitrogens with two attached hydrogens (primary N) is 2. The molecule has 0 aliphatic rings. The zero-order chi connectivity index (χ0) is 14.2. The van der Waals surface area contributed by atoms with Crippen LogP contribution in [0.3, 0.4) is 0 Å². The molecule has 0 fully saturated rings. The van der Waals surface area contributed by atoms with E-state index in [1.54, 1.807) is 13.1 Å². The minimum absolute atomic E-state index is 0.433. The molecule has 0 radical (unpaired) electrons. The molecular weight excluding hydrogens is 242 g/mol. The van der Waals surface area contributed by atoms with Crippen LogP contribution in [0.25, 0.3) is 10.9 Å². The van der Waals surface area contributed by atoms with Gasteiger partial charge in [-0.2, -0.15) is 0 Å². The summed E-state index contributed by atoms with van der Waals surface area (Å²) in [7, 11) is 0. The monoisotopic (exact) mass is 259 g/mol. The average Bonchev–Trinajstić information content (AvgIpc) is 2.80. The van der Waals surface area contributed by atoms with Crippen molar-refractivity contribution >= 4 is 22.6 Å². The molecule has 5 nitrogen and oxygen atoms in total. The van der Waals surface area contributed by atoms with E-state index in [4.69, 9.17) is 11.5 Å². The maximum absolute atomic E-state index is 11.7. The first kappa shape index (κ1) is 13.3. The van der Waals surface area contributed by atoms with Crippen LogP contribution in [0, 0.1) is 0 Å². The second kappa shape index (κ2) is 4.51. The van der Waals surface area contributed by atoms with Crippen molar-refractivity contribution in [1.29, 1.82) is 0 Å². The summed E-state index contributed by atoms with van der Waals surface area (Å²) in [5.41, 5.74) is 11.4. The number of amides is 1. The van der Waals surface area contributed by atoms with E-state index in [1.165, 1.54) is 6.92 Å². The lowest BCUT2D eigenvalue weighted by Gasteiger charge is -2.29. The highest BCUT2D eigenvalue weighted by Gasteiger charge is 2.44. The molecular formula is C14H17N3O2. The number of hydrogen-bond donors (Lipinski definition) is 3. The van der Waals surface area contributed by atoms with Gasteiger partial charge in [-0.3, -0.25) is 9.59 Å². The lowest BCUT2D eigenvalue weighted by molar-refractivity contribution is -0.133. The number of Topliss-reactive ketones (excluding diaryl/α,β-unsaturated/α-hetero) is 1. The molecule has 5 N–H and O–H groups in total. The van der Waals surface area contributed by atoms with Gasteiger partial charge in [-0.15, -0.1) is 0 Å². The van der Waals surface area contributed by atoms with E-state index in [0.717, 1.165) is 16.5 Å². The molecule has 0 aliphatic carbocycles. The van der Waals surface area contributed by atoms with Crippen LogP contribution in [-0.4, -0.2) is 22.2 Å². The maximum Gasteiger partial charge on any atom is 0.245 e. The Kier molecular flexibility index (Phi) is 3.16. The Hall–Kier alpha value is -2.14. The second-order valence-electron chi connectivity index (χ2n) is 4.80. The third-order valence-corrected chi connectivity index (χ3v) is 3.76. The van der Waals surface area contributed by atoms with Crippen LogP contribution in [0.4, 0.5) is 0 Å². The predicted molar refractivity (Wildman–Crippen MR) is 73.5 cm³/mol. The molecule has 0 bridgehead atoms. The standard InChI is InChI=1S/C14H17N3O2/c1-8(14(16,9(2)18)13(15)19)11-7-17-12-6-4-3-5-10(11)12/h3-8,17H,16H2,1-2H3,(H2,15,19). The number of para-hydroxylation sites is 1. The van der Waals surface area contributed by atoms with E-state index in [-0.39, 0.29) is 0 Å². The molecule has 100 valence electrons. The van der Waals surface area contributed by atoms with E-state index in [1.807, 2.05) is 24.3 Å². The fraction of sp³-hybridized carbons (Fsp3) is 0.286. The van der Waals surface area contributed by atoms with E-state index in [0.29, 0.717) is 0 Å². The molecule has 0 spiro atoms. The molecule has 1 amide bonds. The Bertz CT molecular complexity index is 631. The van der Waals surface area contributed by atoms with Crippen molar-refractivity contribution in [2.24, 2.45) is 11.5 Å². The summed E-state index contributed by atoms with van der Waals surface area (Å²) in [6.07, 6.45) is 1.77. The lowest BCUT2D eigenvalue weighted by Crippen LogP contribution is -2.60. The molecule has 5 heteroatoms. The first-order chi connectivity index (χ1) is 8.89. The molecule has 19 heavy (non-hydrogen) atoms. The number of ketones is 1. The van der Waals surface area contributed by atoms with Gasteiger partial charge in [0.25, 0.3) is 0 Å². The minimum Gasteiger partial charge on any atom is -0.368 e. The zero-order valence-corrected chi connectivity index (χ0v) is 10.9. The van der Waals surface area contributed by atoms with Gasteiger partial charge in [0.05, 0.1) is 0 Å². The first-order valence-electron chi connectivity index (χ1n) is 6.04. The first-order valence-corrected chi connectivity index (χ1v) is 6.04. The molecule has 1 aromatic heterocycles. The van der Waals surface area contributed by atoms with Crippen LogP contribution in [0.1, 0.15) is 25.3 Å². The molecule has 2 aromatic rings. The van der Waals surface area contributed by atoms with Crippen LogP contribution in [0.2, 0.25) is 0 Å². The summed E-state index contributed by atoms with van der Waals surface area (Å²) in [6.45, 7) is 3.03. The van der Waals surface area contributed by atoms with Crippen molar-refractivity contribution in [3.05, 3.63) is 36.0 Å². The Labute approximate surface area is 111 Å². The van der Waals surface area contributed by atoms with Gasteiger partial charge in [0, 0.05) is 23.0 Å². The van der Waals surface area contributed by atoms with Crippen LogP contribution >= 0.6 is 0 Å². The van der Waals surface area contributed by atoms with Gasteiger partial charge < -0.3 is 16.5 Å². The number of nitrogens with one attached hydrogen (secondary N) is 1. The van der Waals surface area contributed by atoms with Gasteiger partial charge in [-0.05, 0) is 18.6 Å². The van der Waals surface area contributed by atoms with Crippen LogP contribution in [-0.2, 0) is 9.59 Å². The molecule has 0 aliphatic heterocycles. The Morgan fingerprint density at radius 2 is 1.95 bits per heavy atom. The highest BCUT2D eigenvalue weighted by atomic mass is 16.2. The number of benzene rings is 1. The summed E-state index contributed by atoms with van der Waals surface area (Å²) in [5, 5.41) is 0.937. The third kappa shape index (κ3) is 1.92. The zero-order valence-electron chi connectivity index (χ0n) is 10.9. The van der Waals surface area contributed by atoms with Gasteiger partial charge in [-0.25, -0.2) is 0 Å². The Balaban J connectivity index is 2.57. The summed E-state index contributed by atoms with van der Waals surface area (Å²) < 4.78 is 0. The summed E-state index contributed by atoms with van der Waals surface area (Å²) in [4.78, 5) is 26.4. The van der Waals surface area contributed by atoms with Gasteiger partial charge >= 0.3 is 0 Å². The van der Waals surface area contributed by atoms with E-state index >= 15 is 0 Å². The van der Waals surface area contributed by atoms with Gasteiger partial charge in [0.1, 0.15) is 0 Å².